The van der Waals surface area contributed by atoms with Crippen LogP contribution in [0.2, 0.25) is 0 Å². The molecule has 1 aliphatic carbocycles. The molecule has 1 aromatic carbocycles. The molecule has 1 aromatic rings. The number of rotatable bonds is 8. The Morgan fingerprint density at radius 1 is 1.30 bits per heavy atom. The Labute approximate surface area is 122 Å². The Hall–Kier alpha value is -0.910. The molecule has 0 aliphatic heterocycles. The lowest BCUT2D eigenvalue weighted by Gasteiger charge is -2.19. The van der Waals surface area contributed by atoms with Gasteiger partial charge in [-0.1, -0.05) is 31.5 Å². The zero-order chi connectivity index (χ0) is 14.6. The number of benzene rings is 1. The van der Waals surface area contributed by atoms with E-state index in [1.165, 1.54) is 17.1 Å². The molecule has 112 valence electrons. The van der Waals surface area contributed by atoms with E-state index in [4.69, 9.17) is 0 Å². The largest absolute Gasteiger partial charge is 0.310 e. The van der Waals surface area contributed by atoms with E-state index in [0.717, 1.165) is 18.4 Å². The topological polar surface area (TPSA) is 49.4 Å². The van der Waals surface area contributed by atoms with Gasteiger partial charge in [0, 0.05) is 26.2 Å². The van der Waals surface area contributed by atoms with Gasteiger partial charge in [0.25, 0.3) is 0 Å². The SMILES string of the molecule is CCCCN(C)S(=O)(=O)c1ccccc1CNC1CC1. The number of hydrogen-bond acceptors (Lipinski definition) is 3. The van der Waals surface area contributed by atoms with Crippen LogP contribution in [0.1, 0.15) is 38.2 Å². The van der Waals surface area contributed by atoms with Crippen molar-refractivity contribution in [2.45, 2.75) is 50.1 Å². The first-order valence-corrected chi connectivity index (χ1v) is 8.77. The van der Waals surface area contributed by atoms with E-state index >= 15 is 0 Å². The van der Waals surface area contributed by atoms with Crippen LogP contribution in [0.4, 0.5) is 0 Å². The van der Waals surface area contributed by atoms with E-state index in [1.54, 1.807) is 19.2 Å². The maximum atomic E-state index is 12.6. The molecular formula is C15H24N2O2S. The van der Waals surface area contributed by atoms with Gasteiger partial charge in [-0.2, -0.15) is 0 Å². The fourth-order valence-electron chi connectivity index (χ4n) is 2.11. The molecule has 5 heteroatoms. The van der Waals surface area contributed by atoms with Gasteiger partial charge in [-0.15, -0.1) is 0 Å². The summed E-state index contributed by atoms with van der Waals surface area (Å²) in [6.45, 7) is 3.26. The molecule has 2 rings (SSSR count). The zero-order valence-corrected chi connectivity index (χ0v) is 13.1. The molecule has 1 fully saturated rings. The van der Waals surface area contributed by atoms with Crippen molar-refractivity contribution in [1.29, 1.82) is 0 Å². The summed E-state index contributed by atoms with van der Waals surface area (Å²) >= 11 is 0. The second-order valence-corrected chi connectivity index (χ2v) is 7.46. The van der Waals surface area contributed by atoms with Gasteiger partial charge in [-0.25, -0.2) is 12.7 Å². The van der Waals surface area contributed by atoms with Crippen LogP contribution in [0.3, 0.4) is 0 Å². The highest BCUT2D eigenvalue weighted by atomic mass is 32.2. The number of sulfonamides is 1. The van der Waals surface area contributed by atoms with Gasteiger partial charge >= 0.3 is 0 Å². The molecule has 1 saturated carbocycles. The number of unbranched alkanes of at least 4 members (excludes halogenated alkanes) is 1. The van der Waals surface area contributed by atoms with E-state index in [0.29, 0.717) is 24.0 Å². The highest BCUT2D eigenvalue weighted by molar-refractivity contribution is 7.89. The average Bonchev–Trinajstić information content (AvgIpc) is 3.26. The minimum atomic E-state index is -3.38. The Balaban J connectivity index is 2.16. The number of hydrogen-bond donors (Lipinski definition) is 1. The normalized spacial score (nSPS) is 15.8. The molecule has 20 heavy (non-hydrogen) atoms. The van der Waals surface area contributed by atoms with E-state index < -0.39 is 10.0 Å². The number of nitrogens with zero attached hydrogens (tertiary/aromatic N) is 1. The summed E-state index contributed by atoms with van der Waals surface area (Å²) in [5.74, 6) is 0. The summed E-state index contributed by atoms with van der Waals surface area (Å²) in [4.78, 5) is 0.437. The first kappa shape index (κ1) is 15.5. The van der Waals surface area contributed by atoms with Gasteiger partial charge in [-0.3, -0.25) is 0 Å². The van der Waals surface area contributed by atoms with Crippen molar-refractivity contribution in [3.8, 4) is 0 Å². The molecule has 0 heterocycles. The Kier molecular flexibility index (Phi) is 5.18. The molecule has 0 aromatic heterocycles. The van der Waals surface area contributed by atoms with E-state index in [-0.39, 0.29) is 0 Å². The molecule has 1 aliphatic rings. The summed E-state index contributed by atoms with van der Waals surface area (Å²) in [5.41, 5.74) is 0.864. The molecule has 0 unspecified atom stereocenters. The van der Waals surface area contributed by atoms with Gasteiger partial charge in [0.1, 0.15) is 0 Å². The molecular weight excluding hydrogens is 272 g/mol. The van der Waals surface area contributed by atoms with Crippen LogP contribution in [0.5, 0.6) is 0 Å². The van der Waals surface area contributed by atoms with Gasteiger partial charge in [0.15, 0.2) is 0 Å². The minimum Gasteiger partial charge on any atom is -0.310 e. The van der Waals surface area contributed by atoms with Crippen LogP contribution < -0.4 is 5.32 Å². The monoisotopic (exact) mass is 296 g/mol. The molecule has 0 radical (unpaired) electrons. The van der Waals surface area contributed by atoms with Crippen molar-refractivity contribution in [2.24, 2.45) is 0 Å². The standard InChI is InChI=1S/C15H24N2O2S/c1-3-4-11-17(2)20(18,19)15-8-6-5-7-13(15)12-16-14-9-10-14/h5-8,14,16H,3-4,9-12H2,1-2H3. The van der Waals surface area contributed by atoms with Crippen molar-refractivity contribution < 1.29 is 8.42 Å². The molecule has 0 saturated heterocycles. The third-order valence-corrected chi connectivity index (χ3v) is 5.60. The van der Waals surface area contributed by atoms with Crippen LogP contribution in [0, 0.1) is 0 Å². The van der Waals surface area contributed by atoms with Gasteiger partial charge < -0.3 is 5.32 Å². The minimum absolute atomic E-state index is 0.437. The second kappa shape index (κ2) is 6.70. The molecule has 0 amide bonds. The highest BCUT2D eigenvalue weighted by Crippen LogP contribution is 2.23. The van der Waals surface area contributed by atoms with Crippen LogP contribution in [-0.4, -0.2) is 32.4 Å². The van der Waals surface area contributed by atoms with Crippen molar-refractivity contribution in [2.75, 3.05) is 13.6 Å². The third-order valence-electron chi connectivity index (χ3n) is 3.65. The van der Waals surface area contributed by atoms with Gasteiger partial charge in [0.2, 0.25) is 10.0 Å². The number of nitrogens with one attached hydrogen (secondary N) is 1. The Morgan fingerprint density at radius 2 is 2.00 bits per heavy atom. The predicted molar refractivity (Wildman–Crippen MR) is 81.0 cm³/mol. The second-order valence-electron chi connectivity index (χ2n) is 5.44. The molecule has 4 nitrogen and oxygen atoms in total. The summed E-state index contributed by atoms with van der Waals surface area (Å²) in [5, 5.41) is 3.38. The third kappa shape index (κ3) is 3.81. The summed E-state index contributed by atoms with van der Waals surface area (Å²) in [6, 6.07) is 7.87. The lowest BCUT2D eigenvalue weighted by molar-refractivity contribution is 0.458. The van der Waals surface area contributed by atoms with Gasteiger partial charge in [-0.05, 0) is 30.9 Å². The average molecular weight is 296 g/mol. The van der Waals surface area contributed by atoms with Gasteiger partial charge in [0.05, 0.1) is 4.90 Å². The van der Waals surface area contributed by atoms with E-state index in [9.17, 15) is 8.42 Å². The Bertz CT molecular complexity index is 539. The van der Waals surface area contributed by atoms with Crippen molar-refractivity contribution in [3.05, 3.63) is 29.8 Å². The first-order valence-electron chi connectivity index (χ1n) is 7.33. The molecule has 1 N–H and O–H groups in total. The fourth-order valence-corrected chi connectivity index (χ4v) is 3.54. The zero-order valence-electron chi connectivity index (χ0n) is 12.3. The smallest absolute Gasteiger partial charge is 0.243 e. The molecule has 0 bridgehead atoms. The molecule has 0 atom stereocenters. The summed E-state index contributed by atoms with van der Waals surface area (Å²) in [7, 11) is -1.71. The van der Waals surface area contributed by atoms with Crippen LogP contribution >= 0.6 is 0 Å². The van der Waals surface area contributed by atoms with Crippen LogP contribution in [0.15, 0.2) is 29.2 Å². The first-order chi connectivity index (χ1) is 9.55. The quantitative estimate of drug-likeness (QED) is 0.801. The lowest BCUT2D eigenvalue weighted by Crippen LogP contribution is -2.29. The highest BCUT2D eigenvalue weighted by Gasteiger charge is 2.25. The van der Waals surface area contributed by atoms with Crippen LogP contribution in [0.25, 0.3) is 0 Å². The van der Waals surface area contributed by atoms with E-state index in [1.807, 2.05) is 12.1 Å². The summed E-state index contributed by atoms with van der Waals surface area (Å²) < 4.78 is 26.7. The predicted octanol–water partition coefficient (Wildman–Crippen LogP) is 2.36. The Morgan fingerprint density at radius 3 is 2.65 bits per heavy atom. The fraction of sp³-hybridized carbons (Fsp3) is 0.600. The maximum absolute atomic E-state index is 12.6. The summed E-state index contributed by atoms with van der Waals surface area (Å²) in [6.07, 6.45) is 4.28. The maximum Gasteiger partial charge on any atom is 0.243 e. The van der Waals surface area contributed by atoms with Crippen molar-refractivity contribution in [1.82, 2.24) is 9.62 Å². The van der Waals surface area contributed by atoms with Crippen molar-refractivity contribution >= 4 is 10.0 Å². The van der Waals surface area contributed by atoms with Crippen molar-refractivity contribution in [3.63, 3.8) is 0 Å². The lowest BCUT2D eigenvalue weighted by atomic mass is 10.2. The molecule has 0 spiro atoms. The van der Waals surface area contributed by atoms with Crippen LogP contribution in [-0.2, 0) is 16.6 Å². The van der Waals surface area contributed by atoms with E-state index in [2.05, 4.69) is 12.2 Å².